The van der Waals surface area contributed by atoms with Gasteiger partial charge in [-0.05, 0) is 88.3 Å². The molecule has 0 amide bonds. The molecule has 3 unspecified atom stereocenters. The van der Waals surface area contributed by atoms with E-state index in [1.165, 1.54) is 12.8 Å². The van der Waals surface area contributed by atoms with Crippen LogP contribution in [-0.4, -0.2) is 42.1 Å². The monoisotopic (exact) mass is 453 g/mol. The van der Waals surface area contributed by atoms with Crippen LogP contribution in [0, 0.1) is 28.6 Å². The van der Waals surface area contributed by atoms with E-state index in [9.17, 15) is 4.79 Å². The van der Waals surface area contributed by atoms with Gasteiger partial charge in [0.1, 0.15) is 18.2 Å². The highest BCUT2D eigenvalue weighted by Gasteiger charge is 2.58. The predicted octanol–water partition coefficient (Wildman–Crippen LogP) is 5.18. The number of fused-ring (bicyclic) bond motifs is 5. The fourth-order valence-electron chi connectivity index (χ4n) is 7.50. The van der Waals surface area contributed by atoms with Crippen molar-refractivity contribution in [2.24, 2.45) is 33.7 Å². The van der Waals surface area contributed by atoms with Crippen molar-refractivity contribution in [3.8, 4) is 0 Å². The molecule has 1 aromatic rings. The van der Waals surface area contributed by atoms with Gasteiger partial charge in [-0.15, -0.1) is 0 Å². The third kappa shape index (κ3) is 4.09. The highest BCUT2D eigenvalue weighted by Crippen LogP contribution is 2.64. The maximum Gasteiger partial charge on any atom is 0.208 e. The summed E-state index contributed by atoms with van der Waals surface area (Å²) in [4.78, 5) is 24.6. The van der Waals surface area contributed by atoms with Crippen molar-refractivity contribution in [1.29, 1.82) is 0 Å². The molecule has 180 valence electrons. The number of oxime groups is 1. The van der Waals surface area contributed by atoms with Crippen LogP contribution in [0.2, 0.25) is 0 Å². The van der Waals surface area contributed by atoms with Gasteiger partial charge in [-0.3, -0.25) is 4.79 Å². The Kier molecular flexibility index (Phi) is 6.00. The van der Waals surface area contributed by atoms with Crippen LogP contribution >= 0.6 is 0 Å². The highest BCUT2D eigenvalue weighted by atomic mass is 16.6. The zero-order valence-electron chi connectivity index (χ0n) is 20.7. The Bertz CT molecular complexity index is 964. The maximum absolute atomic E-state index is 12.6. The number of allylic oxidation sites excluding steroid dienone is 2. The number of nitrogens with zero attached hydrogens (tertiary/aromatic N) is 3. The topological polar surface area (TPSA) is 67.9 Å². The van der Waals surface area contributed by atoms with Crippen molar-refractivity contribution in [3.05, 3.63) is 29.5 Å². The Morgan fingerprint density at radius 1 is 1.12 bits per heavy atom. The number of aromatic nitrogens is 1. The van der Waals surface area contributed by atoms with Gasteiger partial charge in [0.2, 0.25) is 5.89 Å². The van der Waals surface area contributed by atoms with Crippen molar-refractivity contribution in [3.63, 3.8) is 0 Å². The second-order valence-corrected chi connectivity index (χ2v) is 11.5. The summed E-state index contributed by atoms with van der Waals surface area (Å²) in [5, 5.41) is 4.48. The second kappa shape index (κ2) is 8.68. The fraction of sp³-hybridized carbons (Fsp3) is 0.741. The Labute approximate surface area is 197 Å². The molecule has 1 heterocycles. The van der Waals surface area contributed by atoms with E-state index in [2.05, 4.69) is 30.1 Å². The third-order valence-electron chi connectivity index (χ3n) is 9.36. The average Bonchev–Trinajstić information content (AvgIpc) is 3.34. The maximum atomic E-state index is 12.6. The van der Waals surface area contributed by atoms with Crippen LogP contribution in [0.5, 0.6) is 0 Å². The molecule has 6 nitrogen and oxygen atoms in total. The lowest BCUT2D eigenvalue weighted by molar-refractivity contribution is -0.132. The summed E-state index contributed by atoms with van der Waals surface area (Å²) in [5.74, 6) is 4.15. The molecular weight excluding hydrogens is 414 g/mol. The molecule has 3 fully saturated rings. The van der Waals surface area contributed by atoms with Crippen molar-refractivity contribution < 1.29 is 14.0 Å². The number of carbonyl (C=O) groups is 1. The number of hydrogen-bond donors (Lipinski definition) is 0. The first-order chi connectivity index (χ1) is 15.8. The highest BCUT2D eigenvalue weighted by molar-refractivity contribution is 5.96. The molecule has 5 atom stereocenters. The van der Waals surface area contributed by atoms with E-state index in [1.807, 2.05) is 19.0 Å². The zero-order valence-corrected chi connectivity index (χ0v) is 20.7. The van der Waals surface area contributed by atoms with Gasteiger partial charge in [-0.2, -0.15) is 0 Å². The second-order valence-electron chi connectivity index (χ2n) is 11.5. The van der Waals surface area contributed by atoms with Crippen LogP contribution in [-0.2, 0) is 22.6 Å². The van der Waals surface area contributed by atoms with Gasteiger partial charge in [-0.25, -0.2) is 4.98 Å². The molecule has 0 saturated heterocycles. The summed E-state index contributed by atoms with van der Waals surface area (Å²) < 4.78 is 5.75. The first-order valence-electron chi connectivity index (χ1n) is 12.8. The average molecular weight is 454 g/mol. The Balaban J connectivity index is 1.20. The molecule has 0 aliphatic heterocycles. The molecule has 0 N–H and O–H groups in total. The van der Waals surface area contributed by atoms with E-state index in [1.54, 1.807) is 11.8 Å². The lowest BCUT2D eigenvalue weighted by atomic mass is 9.47. The molecule has 1 aromatic heterocycles. The molecule has 0 spiro atoms. The van der Waals surface area contributed by atoms with Crippen LogP contribution < -0.4 is 0 Å². The molecule has 4 aliphatic carbocycles. The van der Waals surface area contributed by atoms with E-state index in [0.717, 1.165) is 55.9 Å². The number of hydrogen-bond acceptors (Lipinski definition) is 6. The van der Waals surface area contributed by atoms with Crippen molar-refractivity contribution in [1.82, 2.24) is 9.88 Å². The van der Waals surface area contributed by atoms with Gasteiger partial charge in [0.25, 0.3) is 0 Å². The number of oxazole rings is 1. The molecule has 3 saturated carbocycles. The summed E-state index contributed by atoms with van der Waals surface area (Å²) in [7, 11) is 4.00. The standard InChI is InChI=1S/C27H39N3O3/c1-26-12-9-19(29-32-14-11-20-16-28-25(33-20)17-30(3)4)15-18(26)5-6-21-22-7-8-24(31)27(22,2)13-10-23(21)26/h15-16,21-23H,5-14,17H2,1-4H3/b29-19+/t21?,22?,23?,26-,27-/m0/s1. The number of ketones is 1. The number of carbonyl (C=O) groups excluding carboxylic acids is 1. The summed E-state index contributed by atoms with van der Waals surface area (Å²) in [6, 6.07) is 0. The van der Waals surface area contributed by atoms with E-state index in [0.29, 0.717) is 43.1 Å². The smallest absolute Gasteiger partial charge is 0.208 e. The minimum Gasteiger partial charge on any atom is -0.444 e. The number of Topliss-reactive ketones (excluding diaryl/α,β-unsaturated/α-hetero) is 1. The molecule has 6 heteroatoms. The van der Waals surface area contributed by atoms with Gasteiger partial charge < -0.3 is 14.2 Å². The quantitative estimate of drug-likeness (QED) is 0.438. The normalized spacial score (nSPS) is 37.0. The third-order valence-corrected chi connectivity index (χ3v) is 9.36. The summed E-state index contributed by atoms with van der Waals surface area (Å²) in [6.07, 6.45) is 13.5. The van der Waals surface area contributed by atoms with Crippen LogP contribution in [0.25, 0.3) is 0 Å². The molecule has 0 aromatic carbocycles. The van der Waals surface area contributed by atoms with E-state index < -0.39 is 0 Å². The van der Waals surface area contributed by atoms with Gasteiger partial charge >= 0.3 is 0 Å². The summed E-state index contributed by atoms with van der Waals surface area (Å²) in [5.41, 5.74) is 2.86. The molecule has 5 rings (SSSR count). The van der Waals surface area contributed by atoms with Crippen LogP contribution in [0.1, 0.15) is 76.9 Å². The van der Waals surface area contributed by atoms with Gasteiger partial charge in [-0.1, -0.05) is 24.6 Å². The molecular formula is C27H39N3O3. The zero-order chi connectivity index (χ0) is 23.2. The molecule has 4 aliphatic rings. The van der Waals surface area contributed by atoms with Crippen LogP contribution in [0.4, 0.5) is 0 Å². The van der Waals surface area contributed by atoms with Gasteiger partial charge in [0, 0.05) is 18.3 Å². The number of rotatable bonds is 6. The van der Waals surface area contributed by atoms with Crippen LogP contribution in [0.3, 0.4) is 0 Å². The fourth-order valence-corrected chi connectivity index (χ4v) is 7.50. The van der Waals surface area contributed by atoms with Crippen molar-refractivity contribution in [2.75, 3.05) is 20.7 Å². The van der Waals surface area contributed by atoms with Gasteiger partial charge in [0.05, 0.1) is 18.5 Å². The van der Waals surface area contributed by atoms with Crippen molar-refractivity contribution >= 4 is 11.5 Å². The van der Waals surface area contributed by atoms with Crippen molar-refractivity contribution in [2.45, 2.75) is 78.2 Å². The largest absolute Gasteiger partial charge is 0.444 e. The first-order valence-corrected chi connectivity index (χ1v) is 12.8. The molecule has 33 heavy (non-hydrogen) atoms. The Morgan fingerprint density at radius 3 is 2.76 bits per heavy atom. The lowest BCUT2D eigenvalue weighted by Gasteiger charge is -2.57. The predicted molar refractivity (Wildman–Crippen MR) is 128 cm³/mol. The lowest BCUT2D eigenvalue weighted by Crippen LogP contribution is -2.50. The minimum absolute atomic E-state index is 0.0371. The van der Waals surface area contributed by atoms with E-state index in [4.69, 9.17) is 9.25 Å². The molecule has 0 bridgehead atoms. The van der Waals surface area contributed by atoms with Crippen LogP contribution in [0.15, 0.2) is 27.4 Å². The van der Waals surface area contributed by atoms with E-state index >= 15 is 0 Å². The summed E-state index contributed by atoms with van der Waals surface area (Å²) >= 11 is 0. The Hall–Kier alpha value is -1.95. The Morgan fingerprint density at radius 2 is 1.94 bits per heavy atom. The molecule has 0 radical (unpaired) electrons. The SMILES string of the molecule is CN(C)Cc1ncc(CCO/N=C2/C=C3CCC4C(CC[C@]5(C)C(=O)CCC45)[C@@]3(C)CC2)o1. The van der Waals surface area contributed by atoms with E-state index in [-0.39, 0.29) is 10.8 Å². The van der Waals surface area contributed by atoms with Gasteiger partial charge in [0.15, 0.2) is 0 Å². The first kappa shape index (κ1) is 22.8. The summed E-state index contributed by atoms with van der Waals surface area (Å²) in [6.45, 7) is 5.96. The minimum atomic E-state index is -0.0371.